The van der Waals surface area contributed by atoms with E-state index in [1.165, 1.54) is 6.92 Å². The van der Waals surface area contributed by atoms with Gasteiger partial charge in [-0.05, 0) is 87.4 Å². The molecule has 28 heteroatoms. The van der Waals surface area contributed by atoms with Crippen LogP contribution in [0.5, 0.6) is 0 Å². The minimum Gasteiger partial charge on any atom is -0.370 e. The molecule has 0 aromatic heterocycles. The molecule has 4 saturated heterocycles. The van der Waals surface area contributed by atoms with E-state index in [4.69, 9.17) is 5.73 Å². The Kier molecular flexibility index (Phi) is 31.7. The smallest absolute Gasteiger partial charge is 0.226 e. The summed E-state index contributed by atoms with van der Waals surface area (Å²) in [5.74, 6) is -6.35. The summed E-state index contributed by atoms with van der Waals surface area (Å²) in [6.07, 6.45) is 6.36. The Morgan fingerprint density at radius 1 is 0.309 bits per heavy atom. The predicted molar refractivity (Wildman–Crippen MR) is 367 cm³/mol. The molecular weight excluding hydrogens is 1240 g/mol. The molecule has 0 spiro atoms. The highest BCUT2D eigenvalue weighted by Crippen LogP contribution is 2.30. The van der Waals surface area contributed by atoms with E-state index in [-0.39, 0.29) is 133 Å². The van der Waals surface area contributed by atoms with Gasteiger partial charge in [-0.25, -0.2) is 0 Å². The molecule has 0 aromatic rings. The van der Waals surface area contributed by atoms with Crippen molar-refractivity contribution in [3.63, 3.8) is 0 Å². The van der Waals surface area contributed by atoms with Crippen molar-refractivity contribution in [1.82, 2.24) is 79.8 Å². The summed E-state index contributed by atoms with van der Waals surface area (Å²) in [7, 11) is 0. The third-order valence-electron chi connectivity index (χ3n) is 19.7. The molecule has 6 fully saturated rings. The Balaban J connectivity index is 0.963. The molecule has 4 aliphatic heterocycles. The van der Waals surface area contributed by atoms with Gasteiger partial charge in [0.05, 0.1) is 59.7 Å². The number of carbonyl (C=O) groups is 12. The molecular formula is C69H120N16O12. The molecule has 2 aliphatic carbocycles. The lowest BCUT2D eigenvalue weighted by molar-refractivity contribution is -0.131. The lowest BCUT2D eigenvalue weighted by atomic mass is 9.95. The SMILES string of the molecule is CC(=O)N[C@H](CC(=O)N[C@H]1CNC[C@@H]1C(=O)N[C@H](CC(=O)N[C@H]1CCC[C@@H]1C(=O)N[C@H]1CNC[C@@H]1C(=O)N[C@H](CC(=O)N[C@H]1CNC[C@@H]1C(=O)NC1CCC[C@@H]1C(=O)N[C@H](CC(=O)N[C@H]1CNC[C@@H]1C(=O)N[C@H](CC(N)=O)CC(C)C)CC(C)C)CC(C)C)CC(C)C)CC(C)C. The number of nitrogens with one attached hydrogen (secondary N) is 15. The van der Waals surface area contributed by atoms with Gasteiger partial charge in [-0.3, -0.25) is 57.5 Å². The van der Waals surface area contributed by atoms with Gasteiger partial charge in [-0.15, -0.1) is 0 Å². The van der Waals surface area contributed by atoms with E-state index in [1.807, 2.05) is 69.2 Å². The van der Waals surface area contributed by atoms with Crippen molar-refractivity contribution in [2.24, 2.45) is 70.8 Å². The summed E-state index contributed by atoms with van der Waals surface area (Å²) in [6.45, 7) is 24.2. The number of carbonyl (C=O) groups excluding carboxylic acids is 12. The normalized spacial score (nSPS) is 27.0. The molecule has 2 saturated carbocycles. The number of primary amides is 1. The zero-order valence-corrected chi connectivity index (χ0v) is 59.6. The maximum atomic E-state index is 14.2. The molecule has 6 aliphatic rings. The van der Waals surface area contributed by atoms with Gasteiger partial charge in [0.1, 0.15) is 0 Å². The van der Waals surface area contributed by atoms with Gasteiger partial charge < -0.3 is 85.5 Å². The summed E-state index contributed by atoms with van der Waals surface area (Å²) in [5.41, 5.74) is 5.48. The maximum Gasteiger partial charge on any atom is 0.226 e. The zero-order chi connectivity index (χ0) is 71.2. The van der Waals surface area contributed by atoms with Crippen LogP contribution in [-0.2, 0) is 57.5 Å². The lowest BCUT2D eigenvalue weighted by Crippen LogP contribution is -2.53. The summed E-state index contributed by atoms with van der Waals surface area (Å²) in [5, 5.41) is 46.5. The monoisotopic (exact) mass is 1360 g/mol. The topological polar surface area (TPSA) is 411 Å². The van der Waals surface area contributed by atoms with Crippen molar-refractivity contribution in [1.29, 1.82) is 0 Å². The molecule has 12 amide bonds. The van der Waals surface area contributed by atoms with Gasteiger partial charge in [-0.1, -0.05) is 82.1 Å². The van der Waals surface area contributed by atoms with Crippen LogP contribution in [0, 0.1) is 65.1 Å². The lowest BCUT2D eigenvalue weighted by Gasteiger charge is -2.28. The Morgan fingerprint density at radius 3 is 0.876 bits per heavy atom. The number of rotatable bonds is 37. The molecule has 548 valence electrons. The van der Waals surface area contributed by atoms with E-state index < -0.39 is 102 Å². The summed E-state index contributed by atoms with van der Waals surface area (Å²) < 4.78 is 0. The summed E-state index contributed by atoms with van der Waals surface area (Å²) in [6, 6.07) is -5.40. The third-order valence-corrected chi connectivity index (χ3v) is 19.7. The van der Waals surface area contributed by atoms with Crippen LogP contribution in [0.4, 0.5) is 0 Å². The number of hydrogen-bond donors (Lipinski definition) is 16. The average molecular weight is 1370 g/mol. The van der Waals surface area contributed by atoms with Crippen molar-refractivity contribution in [2.45, 2.75) is 245 Å². The zero-order valence-electron chi connectivity index (χ0n) is 59.6. The van der Waals surface area contributed by atoms with Gasteiger partial charge >= 0.3 is 0 Å². The average Bonchev–Trinajstić information content (AvgIpc) is 1.74. The molecule has 0 radical (unpaired) electrons. The van der Waals surface area contributed by atoms with Gasteiger partial charge in [0.25, 0.3) is 0 Å². The van der Waals surface area contributed by atoms with E-state index in [1.54, 1.807) is 0 Å². The van der Waals surface area contributed by atoms with Gasteiger partial charge in [0.15, 0.2) is 0 Å². The first-order valence-corrected chi connectivity index (χ1v) is 36.3. The van der Waals surface area contributed by atoms with E-state index in [0.29, 0.717) is 123 Å². The van der Waals surface area contributed by atoms with Crippen molar-refractivity contribution < 1.29 is 57.5 Å². The molecule has 0 aromatic carbocycles. The standard InChI is InChI=1S/C69H120N16O12/c1-36(2)18-42(23-59(70)87)76-66(94)49-28-71-32-55(49)82-62(90)26-44(20-38(5)6)77-64(92)48-15-13-17-54(48)84-69(97)51-30-73-34-57(51)83-63(91)27-46(22-40(9)10)79-68(96)52-31-74-35-58(52)85-65(93)47-14-12-16-53(47)80-60(88)25-45(21-39(7)8)78-67(95)50-29-72-33-56(50)81-61(89)24-43(19-37(3)4)75-41(11)86/h36-40,42-58,71-74H,12-35H2,1-11H3,(H2,70,87)(H,75,86)(H,76,94)(H,77,92)(H,78,95)(H,79,96)(H,80,88)(H,81,89)(H,82,90)(H,83,91)(H,84,97)(H,85,93)/t42-,43-,44-,45-,46-,47-,48-,49-,50-,51-,52-,53-,54?,55-,56-,57-,58-/m0/s1. The van der Waals surface area contributed by atoms with Crippen LogP contribution < -0.4 is 85.5 Å². The number of amides is 12. The van der Waals surface area contributed by atoms with Gasteiger partial charge in [0.2, 0.25) is 70.9 Å². The maximum absolute atomic E-state index is 14.2. The molecule has 0 bridgehead atoms. The molecule has 4 heterocycles. The van der Waals surface area contributed by atoms with Crippen LogP contribution in [0.2, 0.25) is 0 Å². The van der Waals surface area contributed by atoms with Crippen LogP contribution in [0.25, 0.3) is 0 Å². The molecule has 28 nitrogen and oxygen atoms in total. The van der Waals surface area contributed by atoms with Crippen molar-refractivity contribution >= 4 is 70.9 Å². The quantitative estimate of drug-likeness (QED) is 0.0372. The second-order valence-corrected chi connectivity index (χ2v) is 30.9. The minimum absolute atomic E-state index is 0.0115. The molecule has 97 heavy (non-hydrogen) atoms. The molecule has 17 N–H and O–H groups in total. The van der Waals surface area contributed by atoms with Gasteiger partial charge in [0, 0.05) is 134 Å². The third kappa shape index (κ3) is 26.3. The van der Waals surface area contributed by atoms with Crippen molar-refractivity contribution in [2.75, 3.05) is 52.4 Å². The first-order valence-electron chi connectivity index (χ1n) is 36.3. The second kappa shape index (κ2) is 38.7. The molecule has 6 rings (SSSR count). The summed E-state index contributed by atoms with van der Waals surface area (Å²) >= 11 is 0. The Labute approximate surface area is 574 Å². The highest BCUT2D eigenvalue weighted by atomic mass is 16.2. The fraction of sp³-hybridized carbons (Fsp3) is 0.826. The minimum atomic E-state index is -0.654. The summed E-state index contributed by atoms with van der Waals surface area (Å²) in [4.78, 5) is 162. The van der Waals surface area contributed by atoms with E-state index in [9.17, 15) is 57.5 Å². The first-order chi connectivity index (χ1) is 45.9. The first kappa shape index (κ1) is 79.5. The van der Waals surface area contributed by atoms with Crippen LogP contribution >= 0.6 is 0 Å². The fourth-order valence-electron chi connectivity index (χ4n) is 15.4. The van der Waals surface area contributed by atoms with Crippen LogP contribution in [0.1, 0.15) is 179 Å². The Morgan fingerprint density at radius 2 is 0.557 bits per heavy atom. The van der Waals surface area contributed by atoms with E-state index in [0.717, 1.165) is 0 Å². The molecule has 17 atom stereocenters. The van der Waals surface area contributed by atoms with Gasteiger partial charge in [-0.2, -0.15) is 0 Å². The Bertz CT molecular complexity index is 2700. The fourth-order valence-corrected chi connectivity index (χ4v) is 15.4. The molecule has 1 unspecified atom stereocenters. The number of nitrogens with two attached hydrogens (primary N) is 1. The van der Waals surface area contributed by atoms with E-state index >= 15 is 0 Å². The van der Waals surface area contributed by atoms with Crippen molar-refractivity contribution in [3.05, 3.63) is 0 Å². The van der Waals surface area contributed by atoms with Crippen LogP contribution in [-0.4, -0.2) is 190 Å². The Hall–Kier alpha value is -6.52. The predicted octanol–water partition coefficient (Wildman–Crippen LogP) is -0.517. The van der Waals surface area contributed by atoms with Crippen LogP contribution in [0.15, 0.2) is 0 Å². The number of hydrogen-bond acceptors (Lipinski definition) is 16. The largest absolute Gasteiger partial charge is 0.370 e. The highest BCUT2D eigenvalue weighted by Gasteiger charge is 2.44. The van der Waals surface area contributed by atoms with Crippen molar-refractivity contribution in [3.8, 4) is 0 Å². The highest BCUT2D eigenvalue weighted by molar-refractivity contribution is 5.89. The van der Waals surface area contributed by atoms with E-state index in [2.05, 4.69) is 79.8 Å². The van der Waals surface area contributed by atoms with Crippen LogP contribution in [0.3, 0.4) is 0 Å². The second-order valence-electron chi connectivity index (χ2n) is 30.9.